The quantitative estimate of drug-likeness (QED) is 0.748. The molecule has 7 nitrogen and oxygen atoms in total. The summed E-state index contributed by atoms with van der Waals surface area (Å²) >= 11 is 0. The van der Waals surface area contributed by atoms with Gasteiger partial charge in [-0.1, -0.05) is 43.7 Å². The number of aromatic nitrogens is 1. The van der Waals surface area contributed by atoms with Crippen LogP contribution in [0.4, 0.5) is 0 Å². The number of aliphatic hydroxyl groups excluding tert-OH is 1. The van der Waals surface area contributed by atoms with Crippen LogP contribution in [-0.2, 0) is 4.79 Å². The number of hydrogen-bond acceptors (Lipinski definition) is 5. The van der Waals surface area contributed by atoms with Crippen LogP contribution in [0.25, 0.3) is 11.1 Å². The number of rotatable bonds is 6. The van der Waals surface area contributed by atoms with E-state index in [9.17, 15) is 14.7 Å². The number of aliphatic hydroxyl groups is 1. The van der Waals surface area contributed by atoms with Crippen LogP contribution in [-0.4, -0.2) is 70.6 Å². The third-order valence-corrected chi connectivity index (χ3v) is 6.09. The molecule has 1 N–H and O–H groups in total. The van der Waals surface area contributed by atoms with Gasteiger partial charge in [-0.2, -0.15) is 0 Å². The van der Waals surface area contributed by atoms with E-state index in [-0.39, 0.29) is 42.4 Å². The number of amides is 2. The second kappa shape index (κ2) is 10.1. The summed E-state index contributed by atoms with van der Waals surface area (Å²) in [6, 6.07) is 9.48. The highest BCUT2D eigenvalue weighted by Crippen LogP contribution is 2.30. The molecule has 0 saturated heterocycles. The topological polar surface area (TPSA) is 83.0 Å². The van der Waals surface area contributed by atoms with Crippen LogP contribution < -0.4 is 4.74 Å². The monoisotopic (exact) mass is 439 g/mol. The summed E-state index contributed by atoms with van der Waals surface area (Å²) in [6.45, 7) is 8.33. The maximum Gasteiger partial charge on any atom is 0.259 e. The molecule has 0 fully saturated rings. The van der Waals surface area contributed by atoms with Gasteiger partial charge in [-0.25, -0.2) is 4.98 Å². The number of likely N-dealkylation sites (N-methyl/N-ethyl adjacent to an activating group) is 1. The highest BCUT2D eigenvalue weighted by molar-refractivity contribution is 5.98. The average molecular weight is 440 g/mol. The van der Waals surface area contributed by atoms with Gasteiger partial charge in [0.1, 0.15) is 11.7 Å². The van der Waals surface area contributed by atoms with Crippen LogP contribution in [0.2, 0.25) is 0 Å². The minimum atomic E-state index is -0.352. The molecule has 3 rings (SSSR count). The summed E-state index contributed by atoms with van der Waals surface area (Å²) in [6.07, 6.45) is 1.78. The summed E-state index contributed by atoms with van der Waals surface area (Å²) in [5, 5.41) is 9.78. The Balaban J connectivity index is 2.03. The number of benzene rings is 1. The van der Waals surface area contributed by atoms with Crippen molar-refractivity contribution in [2.75, 3.05) is 26.7 Å². The minimum absolute atomic E-state index is 0.0300. The van der Waals surface area contributed by atoms with Gasteiger partial charge in [0.2, 0.25) is 11.8 Å². The van der Waals surface area contributed by atoms with Gasteiger partial charge in [0.15, 0.2) is 0 Å². The predicted octanol–water partition coefficient (Wildman–Crippen LogP) is 3.15. The molecule has 0 aliphatic carbocycles. The molecule has 1 aliphatic rings. The first-order valence-electron chi connectivity index (χ1n) is 11.1. The molecule has 32 heavy (non-hydrogen) atoms. The first-order valence-corrected chi connectivity index (χ1v) is 11.1. The van der Waals surface area contributed by atoms with Gasteiger partial charge in [-0.3, -0.25) is 9.59 Å². The Kier molecular flexibility index (Phi) is 7.51. The second-order valence-corrected chi connectivity index (χ2v) is 8.69. The van der Waals surface area contributed by atoms with E-state index in [1.165, 1.54) is 0 Å². The molecule has 3 atom stereocenters. The van der Waals surface area contributed by atoms with E-state index >= 15 is 0 Å². The Morgan fingerprint density at radius 3 is 2.62 bits per heavy atom. The first-order chi connectivity index (χ1) is 15.2. The van der Waals surface area contributed by atoms with E-state index in [1.54, 1.807) is 29.1 Å². The van der Waals surface area contributed by atoms with Crippen molar-refractivity contribution in [2.45, 2.75) is 46.3 Å². The second-order valence-electron chi connectivity index (χ2n) is 8.69. The van der Waals surface area contributed by atoms with Crippen molar-refractivity contribution in [2.24, 2.45) is 5.92 Å². The van der Waals surface area contributed by atoms with Crippen LogP contribution in [0.15, 0.2) is 36.5 Å². The van der Waals surface area contributed by atoms with Gasteiger partial charge in [-0.15, -0.1) is 0 Å². The Morgan fingerprint density at radius 2 is 2.00 bits per heavy atom. The number of ether oxygens (including phenoxy) is 1. The molecule has 2 aromatic rings. The highest BCUT2D eigenvalue weighted by Gasteiger charge is 2.34. The number of nitrogens with zero attached hydrogens (tertiary/aromatic N) is 3. The molecule has 172 valence electrons. The van der Waals surface area contributed by atoms with E-state index in [2.05, 4.69) is 4.98 Å². The third-order valence-electron chi connectivity index (χ3n) is 6.09. The Hall–Kier alpha value is -2.93. The number of hydrogen-bond donors (Lipinski definition) is 1. The Labute approximate surface area is 190 Å². The SMILES string of the molecule is CCC(=O)N(C)C[C@@H]1Oc2ncc(-c3ccc(C)cc3)cc2C(=O)N([C@H](C)CO)C[C@H]1C. The number of carbonyl (C=O) groups is 2. The molecular weight excluding hydrogens is 406 g/mol. The number of fused-ring (bicyclic) bond motifs is 1. The van der Waals surface area contributed by atoms with Gasteiger partial charge in [0, 0.05) is 37.7 Å². The molecule has 2 heterocycles. The van der Waals surface area contributed by atoms with E-state index < -0.39 is 0 Å². The molecule has 0 saturated carbocycles. The summed E-state index contributed by atoms with van der Waals surface area (Å²) in [5.41, 5.74) is 3.30. The fraction of sp³-hybridized carbons (Fsp3) is 0.480. The molecule has 0 spiro atoms. The van der Waals surface area contributed by atoms with E-state index in [4.69, 9.17) is 4.74 Å². The van der Waals surface area contributed by atoms with Crippen molar-refractivity contribution in [1.29, 1.82) is 0 Å². The summed E-state index contributed by atoms with van der Waals surface area (Å²) in [7, 11) is 1.76. The van der Waals surface area contributed by atoms with Gasteiger partial charge in [0.05, 0.1) is 19.2 Å². The van der Waals surface area contributed by atoms with Gasteiger partial charge < -0.3 is 19.6 Å². The van der Waals surface area contributed by atoms with Crippen molar-refractivity contribution in [3.8, 4) is 17.0 Å². The highest BCUT2D eigenvalue weighted by atomic mass is 16.5. The smallest absolute Gasteiger partial charge is 0.259 e. The number of aryl methyl sites for hydroxylation is 1. The van der Waals surface area contributed by atoms with Gasteiger partial charge in [-0.05, 0) is 25.5 Å². The Bertz CT molecular complexity index is 960. The van der Waals surface area contributed by atoms with E-state index in [0.717, 1.165) is 16.7 Å². The predicted molar refractivity (Wildman–Crippen MR) is 124 cm³/mol. The zero-order valence-corrected chi connectivity index (χ0v) is 19.5. The molecule has 0 radical (unpaired) electrons. The average Bonchev–Trinajstić information content (AvgIpc) is 2.80. The van der Waals surface area contributed by atoms with Gasteiger partial charge in [0.25, 0.3) is 5.91 Å². The standard InChI is InChI=1S/C25H33N3O4/c1-6-23(30)27(5)14-22-17(3)13-28(18(4)15-29)25(31)21-11-20(12-26-24(21)32-22)19-9-7-16(2)8-10-19/h7-12,17-18,22,29H,6,13-15H2,1-5H3/t17-,18-,22+/m1/s1. The molecule has 2 amide bonds. The molecule has 1 aromatic heterocycles. The molecule has 1 aliphatic heterocycles. The molecule has 7 heteroatoms. The van der Waals surface area contributed by atoms with Crippen LogP contribution in [0.1, 0.15) is 43.1 Å². The summed E-state index contributed by atoms with van der Waals surface area (Å²) in [4.78, 5) is 33.5. The molecule has 0 bridgehead atoms. The van der Waals surface area contributed by atoms with Crippen LogP contribution in [0.3, 0.4) is 0 Å². The van der Waals surface area contributed by atoms with E-state index in [1.807, 2.05) is 52.0 Å². The van der Waals surface area contributed by atoms with Crippen molar-refractivity contribution >= 4 is 11.8 Å². The van der Waals surface area contributed by atoms with Crippen molar-refractivity contribution in [3.05, 3.63) is 47.7 Å². The van der Waals surface area contributed by atoms with Crippen LogP contribution in [0.5, 0.6) is 5.88 Å². The lowest BCUT2D eigenvalue weighted by Gasteiger charge is -2.37. The third kappa shape index (κ3) is 5.10. The molecular formula is C25H33N3O4. The summed E-state index contributed by atoms with van der Waals surface area (Å²) < 4.78 is 6.24. The lowest BCUT2D eigenvalue weighted by Crippen LogP contribution is -2.50. The Morgan fingerprint density at radius 1 is 1.31 bits per heavy atom. The van der Waals surface area contributed by atoms with Crippen molar-refractivity contribution in [1.82, 2.24) is 14.8 Å². The number of carbonyl (C=O) groups excluding carboxylic acids is 2. The van der Waals surface area contributed by atoms with Crippen molar-refractivity contribution in [3.63, 3.8) is 0 Å². The minimum Gasteiger partial charge on any atom is -0.472 e. The lowest BCUT2D eigenvalue weighted by atomic mass is 9.99. The molecule has 1 aromatic carbocycles. The largest absolute Gasteiger partial charge is 0.472 e. The zero-order chi connectivity index (χ0) is 23.4. The lowest BCUT2D eigenvalue weighted by molar-refractivity contribution is -0.131. The van der Waals surface area contributed by atoms with Crippen LogP contribution in [0, 0.1) is 12.8 Å². The van der Waals surface area contributed by atoms with Gasteiger partial charge >= 0.3 is 0 Å². The molecule has 0 unspecified atom stereocenters. The maximum atomic E-state index is 13.5. The van der Waals surface area contributed by atoms with Crippen molar-refractivity contribution < 1.29 is 19.4 Å². The zero-order valence-electron chi connectivity index (χ0n) is 19.5. The van der Waals surface area contributed by atoms with Crippen LogP contribution >= 0.6 is 0 Å². The fourth-order valence-electron chi connectivity index (χ4n) is 3.87. The fourth-order valence-corrected chi connectivity index (χ4v) is 3.87. The normalized spacial score (nSPS) is 19.4. The maximum absolute atomic E-state index is 13.5. The number of pyridine rings is 1. The van der Waals surface area contributed by atoms with E-state index in [0.29, 0.717) is 25.1 Å². The summed E-state index contributed by atoms with van der Waals surface area (Å²) in [5.74, 6) is 0.00963. The first kappa shape index (κ1) is 23.7.